The van der Waals surface area contributed by atoms with E-state index < -0.39 is 0 Å². The van der Waals surface area contributed by atoms with Gasteiger partial charge in [0, 0.05) is 36.7 Å². The Morgan fingerprint density at radius 2 is 1.87 bits per heavy atom. The Kier molecular flexibility index (Phi) is 7.67. The fraction of sp³-hybridized carbons (Fsp3) is 0.348. The summed E-state index contributed by atoms with van der Waals surface area (Å²) >= 11 is 0. The molecule has 2 N–H and O–H groups in total. The molecule has 1 heterocycles. The van der Waals surface area contributed by atoms with E-state index in [0.717, 1.165) is 17.0 Å². The van der Waals surface area contributed by atoms with E-state index in [2.05, 4.69) is 16.7 Å². The predicted molar refractivity (Wildman–Crippen MR) is 114 cm³/mol. The molecule has 0 unspecified atom stereocenters. The van der Waals surface area contributed by atoms with Gasteiger partial charge in [0.2, 0.25) is 11.8 Å². The highest BCUT2D eigenvalue weighted by Gasteiger charge is 2.15. The average Bonchev–Trinajstić information content (AvgIpc) is 2.74. The van der Waals surface area contributed by atoms with Crippen molar-refractivity contribution >= 4 is 23.2 Å². The molecule has 0 spiro atoms. The SMILES string of the molecule is N#CCCCOc1cccc(NC(=O)CCCOc2ccc3c(c2)CCC(=O)N3)c1. The van der Waals surface area contributed by atoms with E-state index in [-0.39, 0.29) is 11.8 Å². The van der Waals surface area contributed by atoms with Gasteiger partial charge in [-0.05, 0) is 55.2 Å². The minimum Gasteiger partial charge on any atom is -0.494 e. The maximum Gasteiger partial charge on any atom is 0.224 e. The van der Waals surface area contributed by atoms with Crippen LogP contribution in [-0.2, 0) is 16.0 Å². The van der Waals surface area contributed by atoms with Crippen LogP contribution >= 0.6 is 0 Å². The Morgan fingerprint density at radius 3 is 2.70 bits per heavy atom. The molecule has 156 valence electrons. The Hall–Kier alpha value is -3.53. The van der Waals surface area contributed by atoms with E-state index in [1.165, 1.54) is 0 Å². The van der Waals surface area contributed by atoms with E-state index >= 15 is 0 Å². The van der Waals surface area contributed by atoms with Crippen molar-refractivity contribution in [1.29, 1.82) is 5.26 Å². The molecule has 0 radical (unpaired) electrons. The number of amides is 2. The quantitative estimate of drug-likeness (QED) is 0.579. The van der Waals surface area contributed by atoms with E-state index in [1.54, 1.807) is 6.07 Å². The molecule has 0 atom stereocenters. The van der Waals surface area contributed by atoms with Gasteiger partial charge in [-0.1, -0.05) is 6.07 Å². The van der Waals surface area contributed by atoms with Crippen LogP contribution in [0.1, 0.15) is 37.7 Å². The topological polar surface area (TPSA) is 100 Å². The van der Waals surface area contributed by atoms with Crippen molar-refractivity contribution in [2.24, 2.45) is 0 Å². The molecule has 2 aromatic rings. The molecular formula is C23H25N3O4. The molecule has 0 aromatic heterocycles. The van der Waals surface area contributed by atoms with Crippen LogP contribution in [0.4, 0.5) is 11.4 Å². The summed E-state index contributed by atoms with van der Waals surface area (Å²) in [4.78, 5) is 23.6. The summed E-state index contributed by atoms with van der Waals surface area (Å²) in [6.07, 6.45) is 3.26. The second-order valence-electron chi connectivity index (χ2n) is 7.01. The van der Waals surface area contributed by atoms with Crippen LogP contribution in [0.15, 0.2) is 42.5 Å². The Balaban J connectivity index is 1.38. The monoisotopic (exact) mass is 407 g/mol. The van der Waals surface area contributed by atoms with Crippen molar-refractivity contribution in [2.45, 2.75) is 38.5 Å². The van der Waals surface area contributed by atoms with E-state index in [0.29, 0.717) is 63.2 Å². The highest BCUT2D eigenvalue weighted by atomic mass is 16.5. The highest BCUT2D eigenvalue weighted by Crippen LogP contribution is 2.27. The normalized spacial score (nSPS) is 12.3. The molecule has 7 nitrogen and oxygen atoms in total. The average molecular weight is 407 g/mol. The summed E-state index contributed by atoms with van der Waals surface area (Å²) < 4.78 is 11.3. The van der Waals surface area contributed by atoms with Gasteiger partial charge in [-0.15, -0.1) is 0 Å². The standard InChI is InChI=1S/C23H25N3O4/c24-12-1-2-13-29-19-6-3-5-18(16-19)25-22(27)7-4-14-30-20-9-10-21-17(15-20)8-11-23(28)26-21/h3,5-6,9-10,15-16H,1-2,4,7-8,11,13-14H2,(H,25,27)(H,26,28). The largest absolute Gasteiger partial charge is 0.494 e. The van der Waals surface area contributed by atoms with Crippen molar-refractivity contribution in [3.05, 3.63) is 48.0 Å². The molecule has 3 rings (SSSR count). The maximum atomic E-state index is 12.2. The third kappa shape index (κ3) is 6.52. The summed E-state index contributed by atoms with van der Waals surface area (Å²) in [7, 11) is 0. The van der Waals surface area contributed by atoms with Crippen LogP contribution in [0.3, 0.4) is 0 Å². The molecule has 1 aliphatic rings. The fourth-order valence-electron chi connectivity index (χ4n) is 3.10. The number of ether oxygens (including phenoxy) is 2. The van der Waals surface area contributed by atoms with E-state index in [9.17, 15) is 9.59 Å². The van der Waals surface area contributed by atoms with Crippen LogP contribution in [-0.4, -0.2) is 25.0 Å². The van der Waals surface area contributed by atoms with Crippen molar-refractivity contribution in [3.8, 4) is 17.6 Å². The second kappa shape index (κ2) is 10.9. The van der Waals surface area contributed by atoms with Crippen molar-refractivity contribution in [1.82, 2.24) is 0 Å². The molecule has 1 aliphatic heterocycles. The Labute approximate surface area is 176 Å². The van der Waals surface area contributed by atoms with E-state index in [4.69, 9.17) is 14.7 Å². The summed E-state index contributed by atoms with van der Waals surface area (Å²) in [6.45, 7) is 0.901. The summed E-state index contributed by atoms with van der Waals surface area (Å²) in [5.74, 6) is 1.36. The first kappa shape index (κ1) is 21.2. The summed E-state index contributed by atoms with van der Waals surface area (Å²) in [5.41, 5.74) is 2.59. The third-order valence-corrected chi connectivity index (χ3v) is 4.61. The van der Waals surface area contributed by atoms with Gasteiger partial charge < -0.3 is 20.1 Å². The van der Waals surface area contributed by atoms with Gasteiger partial charge in [-0.25, -0.2) is 0 Å². The number of hydrogen-bond donors (Lipinski definition) is 2. The summed E-state index contributed by atoms with van der Waals surface area (Å²) in [6, 6.07) is 14.9. The van der Waals surface area contributed by atoms with E-state index in [1.807, 2.05) is 36.4 Å². The summed E-state index contributed by atoms with van der Waals surface area (Å²) in [5, 5.41) is 14.2. The van der Waals surface area contributed by atoms with Gasteiger partial charge >= 0.3 is 0 Å². The fourth-order valence-corrected chi connectivity index (χ4v) is 3.10. The number of nitrogens with one attached hydrogen (secondary N) is 2. The molecule has 0 fully saturated rings. The van der Waals surface area contributed by atoms with Crippen LogP contribution in [0, 0.1) is 11.3 Å². The number of unbranched alkanes of at least 4 members (excludes halogenated alkanes) is 1. The van der Waals surface area contributed by atoms with Crippen LogP contribution in [0.5, 0.6) is 11.5 Å². The van der Waals surface area contributed by atoms with Crippen LogP contribution < -0.4 is 20.1 Å². The molecular weight excluding hydrogens is 382 g/mol. The van der Waals surface area contributed by atoms with Gasteiger partial charge in [-0.2, -0.15) is 5.26 Å². The predicted octanol–water partition coefficient (Wildman–Crippen LogP) is 4.05. The molecule has 0 saturated carbocycles. The number of carbonyl (C=O) groups excluding carboxylic acids is 2. The number of hydrogen-bond acceptors (Lipinski definition) is 5. The minimum absolute atomic E-state index is 0.0401. The lowest BCUT2D eigenvalue weighted by atomic mass is 10.0. The maximum absolute atomic E-state index is 12.2. The van der Waals surface area contributed by atoms with Gasteiger partial charge in [0.15, 0.2) is 0 Å². The number of anilines is 2. The van der Waals surface area contributed by atoms with Crippen LogP contribution in [0.2, 0.25) is 0 Å². The molecule has 2 aromatic carbocycles. The number of rotatable bonds is 10. The highest BCUT2D eigenvalue weighted by molar-refractivity contribution is 5.94. The van der Waals surface area contributed by atoms with Gasteiger partial charge in [0.25, 0.3) is 0 Å². The lowest BCUT2D eigenvalue weighted by Crippen LogP contribution is -2.18. The zero-order valence-corrected chi connectivity index (χ0v) is 16.8. The van der Waals surface area contributed by atoms with Gasteiger partial charge in [-0.3, -0.25) is 9.59 Å². The van der Waals surface area contributed by atoms with Gasteiger partial charge in [0.1, 0.15) is 11.5 Å². The number of benzene rings is 2. The first-order valence-corrected chi connectivity index (χ1v) is 10.1. The van der Waals surface area contributed by atoms with Gasteiger partial charge in [0.05, 0.1) is 19.3 Å². The number of carbonyl (C=O) groups is 2. The number of fused-ring (bicyclic) bond motifs is 1. The number of nitrogens with zero attached hydrogens (tertiary/aromatic N) is 1. The molecule has 2 amide bonds. The Morgan fingerprint density at radius 1 is 1.07 bits per heavy atom. The molecule has 7 heteroatoms. The third-order valence-electron chi connectivity index (χ3n) is 4.61. The number of nitriles is 1. The zero-order valence-electron chi connectivity index (χ0n) is 16.8. The molecule has 0 bridgehead atoms. The first-order chi connectivity index (χ1) is 14.6. The molecule has 0 saturated heterocycles. The first-order valence-electron chi connectivity index (χ1n) is 10.1. The second-order valence-corrected chi connectivity index (χ2v) is 7.01. The van der Waals surface area contributed by atoms with Crippen LogP contribution in [0.25, 0.3) is 0 Å². The van der Waals surface area contributed by atoms with Crippen molar-refractivity contribution < 1.29 is 19.1 Å². The van der Waals surface area contributed by atoms with Crippen molar-refractivity contribution in [3.63, 3.8) is 0 Å². The minimum atomic E-state index is -0.0895. The van der Waals surface area contributed by atoms with Crippen molar-refractivity contribution in [2.75, 3.05) is 23.8 Å². The number of aryl methyl sites for hydroxylation is 1. The lowest BCUT2D eigenvalue weighted by Gasteiger charge is -2.17. The smallest absolute Gasteiger partial charge is 0.224 e. The zero-order chi connectivity index (χ0) is 21.2. The molecule has 30 heavy (non-hydrogen) atoms. The molecule has 0 aliphatic carbocycles. The Bertz CT molecular complexity index is 936. The lowest BCUT2D eigenvalue weighted by molar-refractivity contribution is -0.117.